The third-order valence-corrected chi connectivity index (χ3v) is 10.8. The van der Waals surface area contributed by atoms with Crippen molar-refractivity contribution >= 4 is 29.6 Å². The minimum atomic E-state index is -2.53. The summed E-state index contributed by atoms with van der Waals surface area (Å²) >= 11 is 0. The highest BCUT2D eigenvalue weighted by atomic mass is 16.7. The number of unbranched alkanes of at least 4 members (excludes halogenated alkanes) is 4. The van der Waals surface area contributed by atoms with Gasteiger partial charge in [-0.1, -0.05) is 50.8 Å². The molecule has 288 valence electrons. The van der Waals surface area contributed by atoms with Gasteiger partial charge in [0, 0.05) is 37.4 Å². The zero-order valence-electron chi connectivity index (χ0n) is 31.3. The number of rotatable bonds is 14. The molecule has 0 bridgehead atoms. The molecule has 2 aliphatic carbocycles. The summed E-state index contributed by atoms with van der Waals surface area (Å²) in [5.41, 5.74) is 1.26. The van der Waals surface area contributed by atoms with E-state index in [0.717, 1.165) is 38.2 Å². The van der Waals surface area contributed by atoms with Crippen LogP contribution in [0.5, 0.6) is 0 Å². The second kappa shape index (κ2) is 16.5. The Morgan fingerprint density at radius 1 is 0.962 bits per heavy atom. The molecule has 0 radical (unpaired) electrons. The number of carbonyl (C=O) groups is 4. The second-order valence-electron chi connectivity index (χ2n) is 14.7. The maximum absolute atomic E-state index is 13.5. The zero-order valence-corrected chi connectivity index (χ0v) is 31.3. The largest absolute Gasteiger partial charge is 0.459 e. The monoisotopic (exact) mass is 729 g/mol. The van der Waals surface area contributed by atoms with Gasteiger partial charge >= 0.3 is 23.9 Å². The normalized spacial score (nSPS) is 32.8. The standard InChI is InChI=1S/C39H55NO12/c1-8-10-11-12-13-14-28(42)49-33-31-30(23(4)32(33)50-35(44)22(3)9-2)34-39(47,38(7,46)36(45)51-34)27(21-37(31,6)52-24(5)41)48-29(43)20-17-25-15-18-26(40)19-16-25/h9,15-16,18-19,27,31-34,36,45-47H,8,10-14,17,20-21,40H2,1-7H3/b22-9-/t27-,31+,32-,33-,34-,36-,37-,38+,39+/m0/s1. The SMILES string of the molecule is C/C=C(/C)C(=O)O[C@H]1C(C)=C2[C@H]([C@@H]1OC(=O)CCCCCCC)[C@@](C)(OC(C)=O)C[C@H](OC(=O)CCc1ccc(N)cc1)[C@@]1(O)[C@H]2O[C@H](O)[C@@]1(C)O. The molecule has 13 nitrogen and oxygen atoms in total. The molecule has 1 aromatic carbocycles. The molecule has 9 atom stereocenters. The van der Waals surface area contributed by atoms with Crippen LogP contribution in [0.25, 0.3) is 0 Å². The van der Waals surface area contributed by atoms with Crippen molar-refractivity contribution in [3.63, 3.8) is 0 Å². The first-order chi connectivity index (χ1) is 24.4. The topological polar surface area (TPSA) is 201 Å². The first kappa shape index (κ1) is 41.0. The summed E-state index contributed by atoms with van der Waals surface area (Å²) in [6, 6.07) is 6.94. The van der Waals surface area contributed by atoms with Gasteiger partial charge in [0.2, 0.25) is 0 Å². The van der Waals surface area contributed by atoms with Crippen molar-refractivity contribution < 1.29 is 58.2 Å². The Balaban J connectivity index is 1.81. The zero-order chi connectivity index (χ0) is 38.6. The predicted octanol–water partition coefficient (Wildman–Crippen LogP) is 4.13. The average Bonchev–Trinajstić information content (AvgIpc) is 3.41. The Kier molecular flexibility index (Phi) is 13.0. The number of aliphatic hydroxyl groups is 3. The van der Waals surface area contributed by atoms with Gasteiger partial charge in [-0.05, 0) is 76.3 Å². The Morgan fingerprint density at radius 3 is 2.21 bits per heavy atom. The summed E-state index contributed by atoms with van der Waals surface area (Å²) < 4.78 is 30.0. The van der Waals surface area contributed by atoms with E-state index in [2.05, 4.69) is 6.92 Å². The molecule has 13 heteroatoms. The van der Waals surface area contributed by atoms with Gasteiger partial charge in [0.15, 0.2) is 24.1 Å². The first-order valence-electron chi connectivity index (χ1n) is 18.2. The summed E-state index contributed by atoms with van der Waals surface area (Å²) in [4.78, 5) is 53.0. The highest BCUT2D eigenvalue weighted by Gasteiger charge is 2.75. The third kappa shape index (κ3) is 8.22. The number of nitrogens with two attached hydrogens (primary N) is 1. The van der Waals surface area contributed by atoms with E-state index in [1.165, 1.54) is 6.92 Å². The fraction of sp³-hybridized carbons (Fsp3) is 0.641. The minimum Gasteiger partial charge on any atom is -0.459 e. The Labute approximate surface area is 305 Å². The molecule has 4 rings (SSSR count). The van der Waals surface area contributed by atoms with Crippen molar-refractivity contribution in [2.24, 2.45) is 5.92 Å². The summed E-state index contributed by atoms with van der Waals surface area (Å²) in [5, 5.41) is 35.5. The van der Waals surface area contributed by atoms with Gasteiger partial charge in [-0.15, -0.1) is 0 Å². The molecule has 0 aromatic heterocycles. The molecule has 2 fully saturated rings. The summed E-state index contributed by atoms with van der Waals surface area (Å²) in [7, 11) is 0. The van der Waals surface area contributed by atoms with E-state index in [9.17, 15) is 34.5 Å². The molecule has 1 saturated heterocycles. The number of fused-ring (bicyclic) bond motifs is 3. The van der Waals surface area contributed by atoms with Crippen molar-refractivity contribution in [1.82, 2.24) is 0 Å². The highest BCUT2D eigenvalue weighted by molar-refractivity contribution is 5.88. The van der Waals surface area contributed by atoms with Gasteiger partial charge in [-0.2, -0.15) is 0 Å². The molecule has 0 unspecified atom stereocenters. The quantitative estimate of drug-likeness (QED) is 0.0532. The van der Waals surface area contributed by atoms with Crippen LogP contribution in [-0.4, -0.2) is 86.7 Å². The van der Waals surface area contributed by atoms with E-state index in [1.807, 2.05) is 0 Å². The molecular weight excluding hydrogens is 674 g/mol. The number of esters is 4. The number of aliphatic hydroxyl groups excluding tert-OH is 1. The van der Waals surface area contributed by atoms with Crippen LogP contribution in [0.1, 0.15) is 105 Å². The van der Waals surface area contributed by atoms with Gasteiger partial charge in [0.25, 0.3) is 0 Å². The number of hydrogen-bond acceptors (Lipinski definition) is 13. The van der Waals surface area contributed by atoms with Crippen LogP contribution in [0.2, 0.25) is 0 Å². The number of carbonyl (C=O) groups excluding carboxylic acids is 4. The number of allylic oxidation sites excluding steroid dienone is 1. The van der Waals surface area contributed by atoms with Gasteiger partial charge in [0.05, 0.1) is 5.92 Å². The molecule has 52 heavy (non-hydrogen) atoms. The average molecular weight is 730 g/mol. The fourth-order valence-electron chi connectivity index (χ4n) is 7.75. The molecule has 1 heterocycles. The Hall–Kier alpha value is -3.78. The van der Waals surface area contributed by atoms with Crippen LogP contribution in [0, 0.1) is 5.92 Å². The number of anilines is 1. The van der Waals surface area contributed by atoms with Crippen LogP contribution in [0.15, 0.2) is 47.1 Å². The minimum absolute atomic E-state index is 0.0751. The molecule has 0 spiro atoms. The van der Waals surface area contributed by atoms with Gasteiger partial charge in [-0.25, -0.2) is 4.79 Å². The maximum atomic E-state index is 13.5. The van der Waals surface area contributed by atoms with Gasteiger partial charge < -0.3 is 44.7 Å². The molecule has 5 N–H and O–H groups in total. The molecule has 1 aliphatic heterocycles. The fourth-order valence-corrected chi connectivity index (χ4v) is 7.75. The van der Waals surface area contributed by atoms with Crippen LogP contribution in [-0.2, 0) is 49.3 Å². The van der Waals surface area contributed by atoms with E-state index in [-0.39, 0.29) is 30.4 Å². The molecule has 0 amide bonds. The smallest absolute Gasteiger partial charge is 0.334 e. The number of nitrogen functional groups attached to an aromatic ring is 1. The molecule has 1 saturated carbocycles. The third-order valence-electron chi connectivity index (χ3n) is 10.8. The number of hydrogen-bond donors (Lipinski definition) is 4. The summed E-state index contributed by atoms with van der Waals surface area (Å²) in [6.07, 6.45) is -1.91. The lowest BCUT2D eigenvalue weighted by Crippen LogP contribution is -2.65. The summed E-state index contributed by atoms with van der Waals surface area (Å²) in [6.45, 7) is 10.8. The van der Waals surface area contributed by atoms with Crippen molar-refractivity contribution in [2.45, 2.75) is 154 Å². The summed E-state index contributed by atoms with van der Waals surface area (Å²) in [5.74, 6) is -3.88. The number of ether oxygens (including phenoxy) is 5. The van der Waals surface area contributed by atoms with E-state index >= 15 is 0 Å². The van der Waals surface area contributed by atoms with Gasteiger partial charge in [0.1, 0.15) is 23.4 Å². The van der Waals surface area contributed by atoms with Crippen LogP contribution < -0.4 is 5.73 Å². The van der Waals surface area contributed by atoms with E-state index in [4.69, 9.17) is 29.4 Å². The predicted molar refractivity (Wildman–Crippen MR) is 189 cm³/mol. The lowest BCUT2D eigenvalue weighted by atomic mass is 9.75. The van der Waals surface area contributed by atoms with E-state index in [1.54, 1.807) is 58.0 Å². The first-order valence-corrected chi connectivity index (χ1v) is 18.2. The maximum Gasteiger partial charge on any atom is 0.334 e. The Morgan fingerprint density at radius 2 is 1.60 bits per heavy atom. The van der Waals surface area contributed by atoms with Crippen LogP contribution in [0.3, 0.4) is 0 Å². The van der Waals surface area contributed by atoms with E-state index in [0.29, 0.717) is 17.7 Å². The lowest BCUT2D eigenvalue weighted by molar-refractivity contribution is -0.227. The lowest BCUT2D eigenvalue weighted by Gasteiger charge is -2.43. The Bertz CT molecular complexity index is 1550. The van der Waals surface area contributed by atoms with Crippen molar-refractivity contribution in [3.8, 4) is 0 Å². The van der Waals surface area contributed by atoms with Crippen molar-refractivity contribution in [1.29, 1.82) is 0 Å². The van der Waals surface area contributed by atoms with Gasteiger partial charge in [-0.3, -0.25) is 14.4 Å². The highest BCUT2D eigenvalue weighted by Crippen LogP contribution is 2.58. The molecule has 1 aromatic rings. The molecule has 3 aliphatic rings. The van der Waals surface area contributed by atoms with Crippen LogP contribution >= 0.6 is 0 Å². The number of aryl methyl sites for hydroxylation is 1. The molecular formula is C39H55NO12. The van der Waals surface area contributed by atoms with Crippen molar-refractivity contribution in [2.75, 3.05) is 5.73 Å². The van der Waals surface area contributed by atoms with Crippen LogP contribution in [0.4, 0.5) is 5.69 Å². The number of benzene rings is 1. The van der Waals surface area contributed by atoms with E-state index < -0.39 is 83.7 Å². The van der Waals surface area contributed by atoms with Crippen molar-refractivity contribution in [3.05, 3.63) is 52.6 Å². The second-order valence-corrected chi connectivity index (χ2v) is 14.7.